The average molecular weight is 357 g/mol. The molecular formula is C16H24NO4PS. The Morgan fingerprint density at radius 3 is 2.26 bits per heavy atom. The molecule has 5 nitrogen and oxygen atoms in total. The molecule has 7 heteroatoms. The molecule has 0 aromatic heterocycles. The zero-order valence-corrected chi connectivity index (χ0v) is 15.7. The van der Waals surface area contributed by atoms with Crippen LogP contribution in [0.25, 0.3) is 0 Å². The highest BCUT2D eigenvalue weighted by Crippen LogP contribution is 2.51. The molecule has 0 spiro atoms. The van der Waals surface area contributed by atoms with E-state index < -0.39 is 24.5 Å². The van der Waals surface area contributed by atoms with Gasteiger partial charge in [0.05, 0.1) is 7.12 Å². The van der Waals surface area contributed by atoms with Crippen LogP contribution >= 0.6 is 18.7 Å². The molecule has 0 aliphatic heterocycles. The van der Waals surface area contributed by atoms with E-state index in [1.807, 2.05) is 24.3 Å². The molecule has 23 heavy (non-hydrogen) atoms. The van der Waals surface area contributed by atoms with Crippen LogP contribution in [0, 0.1) is 0 Å². The lowest BCUT2D eigenvalue weighted by molar-refractivity contribution is 0.0575. The third kappa shape index (κ3) is 8.24. The second-order valence-electron chi connectivity index (χ2n) is 6.08. The van der Waals surface area contributed by atoms with Gasteiger partial charge in [0.15, 0.2) is 0 Å². The first-order valence-corrected chi connectivity index (χ1v) is 10.4. The van der Waals surface area contributed by atoms with Crippen molar-refractivity contribution < 1.29 is 19.4 Å². The lowest BCUT2D eigenvalue weighted by Gasteiger charge is -2.20. The molecule has 1 unspecified atom stereocenters. The van der Waals surface area contributed by atoms with Crippen molar-refractivity contribution in [1.82, 2.24) is 4.72 Å². The lowest BCUT2D eigenvalue weighted by Crippen LogP contribution is -2.29. The fraction of sp³-hybridized carbons (Fsp3) is 0.500. The summed E-state index contributed by atoms with van der Waals surface area (Å²) in [6, 6.07) is 7.97. The fourth-order valence-electron chi connectivity index (χ4n) is 1.80. The Kier molecular flexibility index (Phi) is 7.86. The normalized spacial score (nSPS) is 12.5. The maximum Gasteiger partial charge on any atom is 0.418 e. The van der Waals surface area contributed by atoms with E-state index in [0.717, 1.165) is 30.0 Å². The van der Waals surface area contributed by atoms with Crippen molar-refractivity contribution >= 4 is 30.5 Å². The first-order chi connectivity index (χ1) is 10.7. The number of carboxylic acid groups (broad SMARTS) is 1. The highest BCUT2D eigenvalue weighted by atomic mass is 32.7. The van der Waals surface area contributed by atoms with E-state index in [1.54, 1.807) is 20.8 Å². The molecule has 0 heterocycles. The number of aryl methyl sites for hydroxylation is 1. The topological polar surface area (TPSA) is 75.6 Å². The maximum absolute atomic E-state index is 11.6. The van der Waals surface area contributed by atoms with Crippen LogP contribution in [0.4, 0.5) is 9.59 Å². The number of carbonyl (C=O) groups excluding carboxylic acids is 1. The summed E-state index contributed by atoms with van der Waals surface area (Å²) < 4.78 is 7.58. The molecular weight excluding hydrogens is 333 g/mol. The Labute approximate surface area is 142 Å². The van der Waals surface area contributed by atoms with Crippen molar-refractivity contribution in [3.05, 3.63) is 35.4 Å². The van der Waals surface area contributed by atoms with E-state index in [4.69, 9.17) is 4.74 Å². The predicted molar refractivity (Wildman–Crippen MR) is 96.0 cm³/mol. The monoisotopic (exact) mass is 357 g/mol. The van der Waals surface area contributed by atoms with Crippen LogP contribution in [0.3, 0.4) is 0 Å². The summed E-state index contributed by atoms with van der Waals surface area (Å²) in [6.45, 7) is 7.40. The Balaban J connectivity index is 2.58. The van der Waals surface area contributed by atoms with Gasteiger partial charge in [-0.15, -0.1) is 0 Å². The van der Waals surface area contributed by atoms with E-state index >= 15 is 0 Å². The molecule has 0 radical (unpaired) electrons. The number of carbonyl (C=O) groups is 2. The molecule has 128 valence electrons. The number of benzene rings is 1. The van der Waals surface area contributed by atoms with Gasteiger partial charge in [0.25, 0.3) is 0 Å². The van der Waals surface area contributed by atoms with Crippen LogP contribution < -0.4 is 4.72 Å². The minimum absolute atomic E-state index is 0.400. The average Bonchev–Trinajstić information content (AvgIpc) is 2.43. The van der Waals surface area contributed by atoms with Crippen LogP contribution in [0.1, 0.15) is 45.2 Å². The van der Waals surface area contributed by atoms with Gasteiger partial charge in [-0.05, 0) is 49.9 Å². The van der Waals surface area contributed by atoms with Gasteiger partial charge >= 0.3 is 11.8 Å². The van der Waals surface area contributed by atoms with E-state index in [9.17, 15) is 14.7 Å². The number of amides is 1. The van der Waals surface area contributed by atoms with Gasteiger partial charge in [0, 0.05) is 6.16 Å². The van der Waals surface area contributed by atoms with Crippen molar-refractivity contribution in [3.8, 4) is 0 Å². The molecule has 0 saturated carbocycles. The summed E-state index contributed by atoms with van der Waals surface area (Å²) in [5.41, 5.74) is 0.692. The quantitative estimate of drug-likeness (QED) is 0.506. The van der Waals surface area contributed by atoms with Crippen molar-refractivity contribution in [1.29, 1.82) is 0 Å². The molecule has 1 atom stereocenters. The number of hydrogen-bond acceptors (Lipinski definition) is 4. The highest BCUT2D eigenvalue weighted by molar-refractivity contribution is 8.59. The molecule has 1 aromatic rings. The number of nitrogens with one attached hydrogen (secondary N) is 1. The standard InChI is InChI=1S/C16H24NO4PS/c1-5-6-12-7-9-13(10-8-12)11-22(15(19)20)23-17-14(18)21-16(2,3)4/h7-10H,5-6,11H2,1-4H3,(H,17,18)(H,19,20). The molecule has 0 aliphatic carbocycles. The highest BCUT2D eigenvalue weighted by Gasteiger charge is 2.22. The molecule has 0 bridgehead atoms. The smallest absolute Gasteiger partial charge is 0.418 e. The molecule has 1 rings (SSSR count). The Morgan fingerprint density at radius 1 is 1.22 bits per heavy atom. The van der Waals surface area contributed by atoms with Gasteiger partial charge in [0.2, 0.25) is 0 Å². The van der Waals surface area contributed by atoms with Crippen molar-refractivity contribution in [2.24, 2.45) is 0 Å². The van der Waals surface area contributed by atoms with E-state index in [0.29, 0.717) is 6.16 Å². The lowest BCUT2D eigenvalue weighted by atomic mass is 10.1. The van der Waals surface area contributed by atoms with Crippen LogP contribution in [-0.4, -0.2) is 22.5 Å². The zero-order valence-electron chi connectivity index (χ0n) is 14.0. The number of ether oxygens (including phenoxy) is 1. The second kappa shape index (κ2) is 9.14. The van der Waals surface area contributed by atoms with Crippen LogP contribution in [-0.2, 0) is 17.3 Å². The largest absolute Gasteiger partial charge is 0.477 e. The summed E-state index contributed by atoms with van der Waals surface area (Å²) in [6.07, 6.45) is 1.88. The molecule has 0 saturated heterocycles. The first-order valence-electron chi connectivity index (χ1n) is 7.45. The van der Waals surface area contributed by atoms with Gasteiger partial charge in [-0.3, -0.25) is 4.72 Å². The Hall–Kier alpha value is -1.26. The third-order valence-corrected chi connectivity index (χ3v) is 6.09. The van der Waals surface area contributed by atoms with Crippen molar-refractivity contribution in [2.45, 2.75) is 52.3 Å². The van der Waals surface area contributed by atoms with Gasteiger partial charge < -0.3 is 9.84 Å². The maximum atomic E-state index is 11.6. The van der Waals surface area contributed by atoms with Crippen molar-refractivity contribution in [3.63, 3.8) is 0 Å². The summed E-state index contributed by atoms with van der Waals surface area (Å²) >= 11 is 0.928. The van der Waals surface area contributed by atoms with Crippen LogP contribution in [0.5, 0.6) is 0 Å². The minimum atomic E-state index is -1.47. The SMILES string of the molecule is CCCc1ccc(CP(SNC(=O)OC(C)(C)C)C(=O)O)cc1. The van der Waals surface area contributed by atoms with Gasteiger partial charge in [-0.1, -0.05) is 37.6 Å². The van der Waals surface area contributed by atoms with Crippen LogP contribution in [0.2, 0.25) is 0 Å². The zero-order chi connectivity index (χ0) is 17.5. The van der Waals surface area contributed by atoms with Gasteiger partial charge in [-0.25, -0.2) is 9.59 Å². The van der Waals surface area contributed by atoms with Gasteiger partial charge in [0.1, 0.15) is 5.60 Å². The Morgan fingerprint density at radius 2 is 1.78 bits per heavy atom. The van der Waals surface area contributed by atoms with E-state index in [1.165, 1.54) is 5.56 Å². The minimum Gasteiger partial charge on any atom is -0.477 e. The van der Waals surface area contributed by atoms with Gasteiger partial charge in [-0.2, -0.15) is 0 Å². The summed E-state index contributed by atoms with van der Waals surface area (Å²) in [4.78, 5) is 23.0. The molecule has 2 N–H and O–H groups in total. The Bertz CT molecular complexity index is 528. The van der Waals surface area contributed by atoms with Crippen LogP contribution in [0.15, 0.2) is 24.3 Å². The summed E-state index contributed by atoms with van der Waals surface area (Å²) in [5, 5.41) is 9.33. The molecule has 1 amide bonds. The fourth-order valence-corrected chi connectivity index (χ4v) is 4.27. The number of hydrogen-bond donors (Lipinski definition) is 2. The summed E-state index contributed by atoms with van der Waals surface area (Å²) in [7, 11) is -1.47. The van der Waals surface area contributed by atoms with E-state index in [2.05, 4.69) is 11.6 Å². The molecule has 0 aliphatic rings. The summed E-state index contributed by atoms with van der Waals surface area (Å²) in [5.74, 6) is 0. The predicted octanol–water partition coefficient (Wildman–Crippen LogP) is 5.39. The first kappa shape index (κ1) is 19.8. The molecule has 1 aromatic carbocycles. The molecule has 0 fully saturated rings. The third-order valence-electron chi connectivity index (χ3n) is 2.74. The van der Waals surface area contributed by atoms with E-state index in [-0.39, 0.29) is 0 Å². The van der Waals surface area contributed by atoms with Crippen molar-refractivity contribution in [2.75, 3.05) is 0 Å². The number of rotatable bonds is 7. The second-order valence-corrected chi connectivity index (χ2v) is 9.79.